The van der Waals surface area contributed by atoms with Crippen molar-refractivity contribution in [2.24, 2.45) is 4.99 Å². The fourth-order valence-electron chi connectivity index (χ4n) is 3.35. The predicted molar refractivity (Wildman–Crippen MR) is 116 cm³/mol. The van der Waals surface area contributed by atoms with E-state index in [0.29, 0.717) is 16.8 Å². The zero-order valence-electron chi connectivity index (χ0n) is 16.8. The molecule has 0 fully saturated rings. The minimum absolute atomic E-state index is 0.361. The molecule has 1 heterocycles. The number of fused-ring (bicyclic) bond motifs is 1. The highest BCUT2D eigenvalue weighted by atomic mass is 32.1. The minimum atomic E-state index is -0.894. The van der Waals surface area contributed by atoms with Crippen LogP contribution in [0.1, 0.15) is 61.0 Å². The van der Waals surface area contributed by atoms with Gasteiger partial charge in [-0.05, 0) is 37.6 Å². The maximum atomic E-state index is 12.7. The molecular formula is C23H26N2O3S. The van der Waals surface area contributed by atoms with Gasteiger partial charge < -0.3 is 9.67 Å². The first-order valence-corrected chi connectivity index (χ1v) is 10.8. The van der Waals surface area contributed by atoms with Crippen molar-refractivity contribution in [1.82, 2.24) is 4.57 Å². The predicted octanol–water partition coefficient (Wildman–Crippen LogP) is 5.35. The number of amides is 1. The first kappa shape index (κ1) is 21.0. The highest BCUT2D eigenvalue weighted by molar-refractivity contribution is 7.16. The Bertz CT molecular complexity index is 1060. The molecule has 1 amide bonds. The first-order chi connectivity index (χ1) is 14.0. The quantitative estimate of drug-likeness (QED) is 0.509. The van der Waals surface area contributed by atoms with Crippen molar-refractivity contribution in [3.8, 4) is 0 Å². The Kier molecular flexibility index (Phi) is 6.99. The molecule has 1 N–H and O–H groups in total. The van der Waals surface area contributed by atoms with Crippen LogP contribution in [-0.2, 0) is 4.79 Å². The molecule has 0 spiro atoms. The molecule has 152 valence electrons. The molecule has 0 aliphatic heterocycles. The summed E-state index contributed by atoms with van der Waals surface area (Å²) < 4.78 is 2.64. The highest BCUT2D eigenvalue weighted by Gasteiger charge is 2.23. The normalized spacial score (nSPS) is 13.0. The SMILES string of the molecule is CCCCCCC(C(=O)O)n1/c(=N/C(=O)c2ccc(C)cc2)sc2ccccc21. The molecule has 1 unspecified atom stereocenters. The Morgan fingerprint density at radius 1 is 1.07 bits per heavy atom. The van der Waals surface area contributed by atoms with Crippen LogP contribution in [0.2, 0.25) is 0 Å². The average molecular weight is 411 g/mol. The molecule has 1 atom stereocenters. The Morgan fingerprint density at radius 3 is 2.48 bits per heavy atom. The lowest BCUT2D eigenvalue weighted by Gasteiger charge is -2.15. The summed E-state index contributed by atoms with van der Waals surface area (Å²) in [7, 11) is 0. The van der Waals surface area contributed by atoms with Gasteiger partial charge in [0.2, 0.25) is 0 Å². The third kappa shape index (κ3) is 5.01. The van der Waals surface area contributed by atoms with E-state index in [1.54, 1.807) is 16.7 Å². The summed E-state index contributed by atoms with van der Waals surface area (Å²) in [6.07, 6.45) is 4.52. The number of unbranched alkanes of at least 4 members (excludes halogenated alkanes) is 3. The summed E-state index contributed by atoms with van der Waals surface area (Å²) in [5.41, 5.74) is 2.36. The second-order valence-corrected chi connectivity index (χ2v) is 8.22. The van der Waals surface area contributed by atoms with Crippen LogP contribution >= 0.6 is 11.3 Å². The van der Waals surface area contributed by atoms with Crippen LogP contribution in [0.25, 0.3) is 10.2 Å². The molecule has 0 saturated heterocycles. The Balaban J connectivity index is 2.06. The number of carbonyl (C=O) groups is 2. The number of benzene rings is 2. The van der Waals surface area contributed by atoms with Gasteiger partial charge in [0.05, 0.1) is 10.2 Å². The van der Waals surface area contributed by atoms with E-state index in [1.807, 2.05) is 43.3 Å². The van der Waals surface area contributed by atoms with Crippen molar-refractivity contribution in [2.75, 3.05) is 0 Å². The largest absolute Gasteiger partial charge is 0.480 e. The number of hydrogen-bond donors (Lipinski definition) is 1. The number of carboxylic acid groups (broad SMARTS) is 1. The smallest absolute Gasteiger partial charge is 0.326 e. The molecule has 6 heteroatoms. The van der Waals surface area contributed by atoms with E-state index in [9.17, 15) is 14.7 Å². The monoisotopic (exact) mass is 410 g/mol. The molecule has 2 aromatic carbocycles. The van der Waals surface area contributed by atoms with E-state index >= 15 is 0 Å². The number of carbonyl (C=O) groups excluding carboxylic acids is 1. The van der Waals surface area contributed by atoms with Gasteiger partial charge in [0.25, 0.3) is 5.91 Å². The fourth-order valence-corrected chi connectivity index (χ4v) is 4.41. The third-order valence-electron chi connectivity index (χ3n) is 4.96. The molecular weight excluding hydrogens is 384 g/mol. The summed E-state index contributed by atoms with van der Waals surface area (Å²) >= 11 is 1.35. The number of aliphatic carboxylic acids is 1. The van der Waals surface area contributed by atoms with E-state index in [1.165, 1.54) is 11.3 Å². The van der Waals surface area contributed by atoms with Crippen LogP contribution < -0.4 is 4.80 Å². The zero-order chi connectivity index (χ0) is 20.8. The Morgan fingerprint density at radius 2 is 1.79 bits per heavy atom. The van der Waals surface area contributed by atoms with Gasteiger partial charge in [-0.25, -0.2) is 4.79 Å². The van der Waals surface area contributed by atoms with Crippen molar-refractivity contribution in [1.29, 1.82) is 0 Å². The number of nitrogens with zero attached hydrogens (tertiary/aromatic N) is 2. The van der Waals surface area contributed by atoms with Gasteiger partial charge in [0.1, 0.15) is 6.04 Å². The van der Waals surface area contributed by atoms with E-state index in [2.05, 4.69) is 11.9 Å². The van der Waals surface area contributed by atoms with Crippen molar-refractivity contribution in [3.05, 3.63) is 64.5 Å². The van der Waals surface area contributed by atoms with Crippen molar-refractivity contribution in [3.63, 3.8) is 0 Å². The molecule has 29 heavy (non-hydrogen) atoms. The van der Waals surface area contributed by atoms with Gasteiger partial charge in [-0.1, -0.05) is 73.8 Å². The number of thiazole rings is 1. The summed E-state index contributed by atoms with van der Waals surface area (Å²) in [6, 6.07) is 14.1. The van der Waals surface area contributed by atoms with Crippen LogP contribution in [0.15, 0.2) is 53.5 Å². The summed E-state index contributed by atoms with van der Waals surface area (Å²) in [4.78, 5) is 29.6. The number of rotatable bonds is 8. The summed E-state index contributed by atoms with van der Waals surface area (Å²) in [6.45, 7) is 4.09. The molecule has 0 saturated carbocycles. The molecule has 3 aromatic rings. The van der Waals surface area contributed by atoms with Gasteiger partial charge >= 0.3 is 5.97 Å². The van der Waals surface area contributed by atoms with E-state index in [0.717, 1.165) is 41.5 Å². The molecule has 3 rings (SSSR count). The van der Waals surface area contributed by atoms with Gasteiger partial charge in [-0.3, -0.25) is 4.79 Å². The maximum Gasteiger partial charge on any atom is 0.326 e. The second kappa shape index (κ2) is 9.65. The second-order valence-electron chi connectivity index (χ2n) is 7.21. The molecule has 5 nitrogen and oxygen atoms in total. The molecule has 0 radical (unpaired) electrons. The van der Waals surface area contributed by atoms with Crippen molar-refractivity contribution in [2.45, 2.75) is 52.0 Å². The molecule has 0 aliphatic carbocycles. The number of carboxylic acids is 1. The number of aryl methyl sites for hydroxylation is 1. The number of aromatic nitrogens is 1. The minimum Gasteiger partial charge on any atom is -0.480 e. The molecule has 0 aliphatic rings. The summed E-state index contributed by atoms with van der Waals surface area (Å²) in [5.74, 6) is -1.25. The molecule has 0 bridgehead atoms. The lowest BCUT2D eigenvalue weighted by molar-refractivity contribution is -0.141. The maximum absolute atomic E-state index is 12.7. The lowest BCUT2D eigenvalue weighted by Crippen LogP contribution is -2.28. The number of hydrogen-bond acceptors (Lipinski definition) is 3. The zero-order valence-corrected chi connectivity index (χ0v) is 17.6. The van der Waals surface area contributed by atoms with Crippen LogP contribution in [-0.4, -0.2) is 21.6 Å². The van der Waals surface area contributed by atoms with E-state index < -0.39 is 12.0 Å². The van der Waals surface area contributed by atoms with Crippen molar-refractivity contribution < 1.29 is 14.7 Å². The van der Waals surface area contributed by atoms with Gasteiger partial charge in [0, 0.05) is 5.56 Å². The fraction of sp³-hybridized carbons (Fsp3) is 0.348. The highest BCUT2D eigenvalue weighted by Crippen LogP contribution is 2.24. The Labute approximate surface area is 174 Å². The Hall–Kier alpha value is -2.73. The van der Waals surface area contributed by atoms with Crippen LogP contribution in [0, 0.1) is 6.92 Å². The van der Waals surface area contributed by atoms with Gasteiger partial charge in [-0.15, -0.1) is 0 Å². The number of para-hydroxylation sites is 1. The topological polar surface area (TPSA) is 71.7 Å². The average Bonchev–Trinajstić information content (AvgIpc) is 3.06. The van der Waals surface area contributed by atoms with Crippen LogP contribution in [0.3, 0.4) is 0 Å². The van der Waals surface area contributed by atoms with Crippen LogP contribution in [0.5, 0.6) is 0 Å². The molecule has 1 aromatic heterocycles. The van der Waals surface area contributed by atoms with Gasteiger partial charge in [0.15, 0.2) is 4.80 Å². The summed E-state index contributed by atoms with van der Waals surface area (Å²) in [5, 5.41) is 9.92. The first-order valence-electron chi connectivity index (χ1n) is 10.00. The lowest BCUT2D eigenvalue weighted by atomic mass is 10.1. The van der Waals surface area contributed by atoms with Crippen molar-refractivity contribution >= 4 is 33.4 Å². The van der Waals surface area contributed by atoms with E-state index in [-0.39, 0.29) is 5.91 Å². The third-order valence-corrected chi connectivity index (χ3v) is 5.99. The van der Waals surface area contributed by atoms with Crippen LogP contribution in [0.4, 0.5) is 0 Å². The van der Waals surface area contributed by atoms with E-state index in [4.69, 9.17) is 0 Å². The standard InChI is InChI=1S/C23H26N2O3S/c1-3-4-5-6-10-19(22(27)28)25-18-9-7-8-11-20(18)29-23(25)24-21(26)17-14-12-16(2)13-15-17/h7-9,11-15,19H,3-6,10H2,1-2H3,(H,27,28)/b24-23-. The van der Waals surface area contributed by atoms with Gasteiger partial charge in [-0.2, -0.15) is 4.99 Å².